The van der Waals surface area contributed by atoms with E-state index in [1.165, 1.54) is 0 Å². The molecule has 1 aromatic heterocycles. The minimum absolute atomic E-state index is 0.343. The first-order valence-corrected chi connectivity index (χ1v) is 4.99. The minimum atomic E-state index is -1.02. The number of hydrogen-bond acceptors (Lipinski definition) is 2. The van der Waals surface area contributed by atoms with Crippen molar-refractivity contribution in [3.63, 3.8) is 0 Å². The molecule has 2 nitrogen and oxygen atoms in total. The molecule has 78 valence electrons. The van der Waals surface area contributed by atoms with Crippen molar-refractivity contribution in [3.8, 4) is 0 Å². The van der Waals surface area contributed by atoms with E-state index in [4.69, 9.17) is 5.73 Å². The van der Waals surface area contributed by atoms with Gasteiger partial charge in [0, 0.05) is 23.3 Å². The maximum Gasteiger partial charge on any atom is 0.128 e. The van der Waals surface area contributed by atoms with Crippen molar-refractivity contribution in [3.05, 3.63) is 42.2 Å². The third-order valence-corrected chi connectivity index (χ3v) is 2.46. The molecule has 0 amide bonds. The van der Waals surface area contributed by atoms with Gasteiger partial charge in [0.05, 0.1) is 0 Å². The van der Waals surface area contributed by atoms with E-state index in [-0.39, 0.29) is 0 Å². The monoisotopic (exact) mass is 204 g/mol. The molecule has 2 N–H and O–H groups in total. The zero-order valence-electron chi connectivity index (χ0n) is 8.36. The average molecular weight is 204 g/mol. The molecule has 0 aliphatic carbocycles. The van der Waals surface area contributed by atoms with Crippen LogP contribution >= 0.6 is 0 Å². The van der Waals surface area contributed by atoms with Gasteiger partial charge in [0.2, 0.25) is 0 Å². The first kappa shape index (κ1) is 10.1. The largest absolute Gasteiger partial charge is 0.330 e. The fourth-order valence-electron chi connectivity index (χ4n) is 1.69. The molecule has 0 radical (unpaired) electrons. The molecule has 2 aromatic rings. The number of rotatable bonds is 3. The Kier molecular flexibility index (Phi) is 2.92. The van der Waals surface area contributed by atoms with E-state index in [1.54, 1.807) is 12.4 Å². The number of fused-ring (bicyclic) bond motifs is 1. The van der Waals surface area contributed by atoms with Crippen LogP contribution in [0.5, 0.6) is 0 Å². The van der Waals surface area contributed by atoms with Crippen LogP contribution in [0.25, 0.3) is 10.8 Å². The summed E-state index contributed by atoms with van der Waals surface area (Å²) in [6.07, 6.45) is 2.65. The minimum Gasteiger partial charge on any atom is -0.330 e. The van der Waals surface area contributed by atoms with Crippen molar-refractivity contribution in [1.82, 2.24) is 4.98 Å². The van der Waals surface area contributed by atoms with Crippen molar-refractivity contribution < 1.29 is 4.39 Å². The number of halogens is 1. The van der Waals surface area contributed by atoms with Crippen LogP contribution in [0.2, 0.25) is 0 Å². The first-order chi connectivity index (χ1) is 7.33. The SMILES string of the molecule is NCCC(F)c1cncc2ccccc12. The molecular formula is C12H13FN2. The predicted molar refractivity (Wildman–Crippen MR) is 59.3 cm³/mol. The van der Waals surface area contributed by atoms with Crippen molar-refractivity contribution in [2.45, 2.75) is 12.6 Å². The summed E-state index contributed by atoms with van der Waals surface area (Å²) in [5.41, 5.74) is 5.99. The Hall–Kier alpha value is -1.48. The summed E-state index contributed by atoms with van der Waals surface area (Å²) in [4.78, 5) is 4.04. The number of hydrogen-bond donors (Lipinski definition) is 1. The van der Waals surface area contributed by atoms with E-state index < -0.39 is 6.17 Å². The van der Waals surface area contributed by atoms with Gasteiger partial charge >= 0.3 is 0 Å². The van der Waals surface area contributed by atoms with Gasteiger partial charge in [-0.05, 0) is 18.4 Å². The van der Waals surface area contributed by atoms with Gasteiger partial charge in [-0.25, -0.2) is 4.39 Å². The summed E-state index contributed by atoms with van der Waals surface area (Å²) < 4.78 is 13.7. The standard InChI is InChI=1S/C12H13FN2/c13-12(5-6-14)11-8-15-7-9-3-1-2-4-10(9)11/h1-4,7-8,12H,5-6,14H2. The van der Waals surface area contributed by atoms with Gasteiger partial charge in [0.25, 0.3) is 0 Å². The Balaban J connectivity index is 2.50. The van der Waals surface area contributed by atoms with Gasteiger partial charge in [0.15, 0.2) is 0 Å². The lowest BCUT2D eigenvalue weighted by molar-refractivity contribution is 0.329. The van der Waals surface area contributed by atoms with E-state index in [9.17, 15) is 4.39 Å². The van der Waals surface area contributed by atoms with Crippen molar-refractivity contribution in [2.75, 3.05) is 6.54 Å². The molecular weight excluding hydrogens is 191 g/mol. The molecule has 0 saturated carbocycles. The normalized spacial score (nSPS) is 12.9. The van der Waals surface area contributed by atoms with Crippen LogP contribution < -0.4 is 5.73 Å². The fourth-order valence-corrected chi connectivity index (χ4v) is 1.69. The number of pyridine rings is 1. The van der Waals surface area contributed by atoms with Gasteiger partial charge in [-0.2, -0.15) is 0 Å². The average Bonchev–Trinajstić information content (AvgIpc) is 2.28. The molecule has 15 heavy (non-hydrogen) atoms. The Morgan fingerprint density at radius 3 is 2.87 bits per heavy atom. The summed E-state index contributed by atoms with van der Waals surface area (Å²) in [5.74, 6) is 0. The Morgan fingerprint density at radius 1 is 1.27 bits per heavy atom. The van der Waals surface area contributed by atoms with Crippen LogP contribution in [0.4, 0.5) is 4.39 Å². The molecule has 0 bridgehead atoms. The summed E-state index contributed by atoms with van der Waals surface area (Å²) >= 11 is 0. The quantitative estimate of drug-likeness (QED) is 0.834. The first-order valence-electron chi connectivity index (χ1n) is 4.99. The molecule has 0 saturated heterocycles. The van der Waals surface area contributed by atoms with Crippen LogP contribution in [-0.4, -0.2) is 11.5 Å². The molecule has 2 rings (SSSR count). The highest BCUT2D eigenvalue weighted by molar-refractivity contribution is 5.84. The van der Waals surface area contributed by atoms with Crippen LogP contribution in [0.15, 0.2) is 36.7 Å². The summed E-state index contributed by atoms with van der Waals surface area (Å²) in [7, 11) is 0. The van der Waals surface area contributed by atoms with Crippen molar-refractivity contribution in [2.24, 2.45) is 5.73 Å². The Labute approximate surface area is 87.9 Å². The molecule has 1 atom stereocenters. The van der Waals surface area contributed by atoms with Crippen LogP contribution in [0.1, 0.15) is 18.2 Å². The highest BCUT2D eigenvalue weighted by atomic mass is 19.1. The summed E-state index contributed by atoms with van der Waals surface area (Å²) in [6, 6.07) is 7.67. The Bertz CT molecular complexity index is 451. The smallest absolute Gasteiger partial charge is 0.128 e. The Morgan fingerprint density at radius 2 is 2.07 bits per heavy atom. The van der Waals surface area contributed by atoms with E-state index in [1.807, 2.05) is 24.3 Å². The van der Waals surface area contributed by atoms with Gasteiger partial charge in [-0.15, -0.1) is 0 Å². The molecule has 1 heterocycles. The number of aromatic nitrogens is 1. The molecule has 0 aliphatic heterocycles. The lowest BCUT2D eigenvalue weighted by Crippen LogP contribution is -2.04. The van der Waals surface area contributed by atoms with E-state index in [0.29, 0.717) is 18.5 Å². The molecule has 0 aliphatic rings. The zero-order chi connectivity index (χ0) is 10.7. The van der Waals surface area contributed by atoms with Gasteiger partial charge in [0.1, 0.15) is 6.17 Å². The molecule has 1 aromatic carbocycles. The highest BCUT2D eigenvalue weighted by Gasteiger charge is 2.12. The predicted octanol–water partition coefficient (Wildman–Crippen LogP) is 2.59. The molecule has 3 heteroatoms. The topological polar surface area (TPSA) is 38.9 Å². The maximum absolute atomic E-state index is 13.7. The number of nitrogens with zero attached hydrogens (tertiary/aromatic N) is 1. The highest BCUT2D eigenvalue weighted by Crippen LogP contribution is 2.27. The van der Waals surface area contributed by atoms with Gasteiger partial charge in [-0.1, -0.05) is 24.3 Å². The van der Waals surface area contributed by atoms with Gasteiger partial charge < -0.3 is 5.73 Å². The summed E-state index contributed by atoms with van der Waals surface area (Å²) in [6.45, 7) is 0.352. The molecule has 0 fully saturated rings. The number of benzene rings is 1. The van der Waals surface area contributed by atoms with E-state index in [0.717, 1.165) is 10.8 Å². The number of nitrogens with two attached hydrogens (primary N) is 1. The van der Waals surface area contributed by atoms with E-state index >= 15 is 0 Å². The van der Waals surface area contributed by atoms with Crippen LogP contribution in [-0.2, 0) is 0 Å². The van der Waals surface area contributed by atoms with Crippen LogP contribution in [0.3, 0.4) is 0 Å². The second-order valence-corrected chi connectivity index (χ2v) is 3.49. The lowest BCUT2D eigenvalue weighted by atomic mass is 10.0. The van der Waals surface area contributed by atoms with Crippen LogP contribution in [0, 0.1) is 0 Å². The zero-order valence-corrected chi connectivity index (χ0v) is 8.36. The second kappa shape index (κ2) is 4.36. The fraction of sp³-hybridized carbons (Fsp3) is 0.250. The molecule has 0 spiro atoms. The van der Waals surface area contributed by atoms with Crippen molar-refractivity contribution >= 4 is 10.8 Å². The summed E-state index contributed by atoms with van der Waals surface area (Å²) in [5, 5.41) is 1.89. The maximum atomic E-state index is 13.7. The third kappa shape index (κ3) is 1.97. The van der Waals surface area contributed by atoms with Crippen molar-refractivity contribution in [1.29, 1.82) is 0 Å². The van der Waals surface area contributed by atoms with E-state index in [2.05, 4.69) is 4.98 Å². The molecule has 1 unspecified atom stereocenters. The second-order valence-electron chi connectivity index (χ2n) is 3.49. The van der Waals surface area contributed by atoms with Gasteiger partial charge in [-0.3, -0.25) is 4.98 Å². The number of alkyl halides is 1. The lowest BCUT2D eigenvalue weighted by Gasteiger charge is -2.09. The third-order valence-electron chi connectivity index (χ3n) is 2.46.